The fraction of sp³-hybridized carbons (Fsp3) is 0.455. The van der Waals surface area contributed by atoms with Gasteiger partial charge in [-0.3, -0.25) is 14.8 Å². The largest absolute Gasteiger partial charge is 0.496 e. The van der Waals surface area contributed by atoms with Crippen molar-refractivity contribution in [3.8, 4) is 5.75 Å². The second kappa shape index (κ2) is 6.76. The van der Waals surface area contributed by atoms with E-state index in [-0.39, 0.29) is 34.7 Å². The molecule has 0 aliphatic carbocycles. The molecular formula is C11H15ClN2O5S. The van der Waals surface area contributed by atoms with Gasteiger partial charge in [-0.15, -0.1) is 11.6 Å². The number of hydrogen-bond acceptors (Lipinski definition) is 5. The number of rotatable bonds is 7. The van der Waals surface area contributed by atoms with Crippen molar-refractivity contribution >= 4 is 33.0 Å². The quantitative estimate of drug-likeness (QED) is 0.471. The molecule has 20 heavy (non-hydrogen) atoms. The van der Waals surface area contributed by atoms with Gasteiger partial charge in [-0.1, -0.05) is 6.92 Å². The van der Waals surface area contributed by atoms with Crippen LogP contribution in [0.3, 0.4) is 0 Å². The third-order valence-corrected chi connectivity index (χ3v) is 4.50. The number of anilines is 1. The number of nitrogens with zero attached hydrogens (tertiary/aromatic N) is 1. The number of benzene rings is 1. The predicted octanol–water partition coefficient (Wildman–Crippen LogP) is 2.22. The first-order valence-corrected chi connectivity index (χ1v) is 7.86. The van der Waals surface area contributed by atoms with E-state index in [1.165, 1.54) is 19.2 Å². The Morgan fingerprint density at radius 3 is 2.65 bits per heavy atom. The third kappa shape index (κ3) is 4.53. The molecule has 1 N–H and O–H groups in total. The molecule has 112 valence electrons. The van der Waals surface area contributed by atoms with Crippen molar-refractivity contribution in [2.45, 2.75) is 6.92 Å². The van der Waals surface area contributed by atoms with Gasteiger partial charge in [-0.2, -0.15) is 0 Å². The third-order valence-electron chi connectivity index (χ3n) is 2.43. The van der Waals surface area contributed by atoms with Crippen molar-refractivity contribution in [3.63, 3.8) is 0 Å². The summed E-state index contributed by atoms with van der Waals surface area (Å²) in [5.41, 5.74) is -0.468. The van der Waals surface area contributed by atoms with Crippen LogP contribution in [0.2, 0.25) is 0 Å². The molecule has 0 amide bonds. The number of methoxy groups -OCH3 is 1. The molecule has 0 saturated heterocycles. The zero-order valence-corrected chi connectivity index (χ0v) is 12.6. The molecule has 0 heterocycles. The highest BCUT2D eigenvalue weighted by Crippen LogP contribution is 2.29. The smallest absolute Gasteiger partial charge is 0.297 e. The number of ether oxygens (including phenoxy) is 1. The molecule has 0 fully saturated rings. The molecule has 0 bridgehead atoms. The van der Waals surface area contributed by atoms with Crippen LogP contribution in [0.25, 0.3) is 0 Å². The van der Waals surface area contributed by atoms with Crippen molar-refractivity contribution in [2.75, 3.05) is 23.5 Å². The predicted molar refractivity (Wildman–Crippen MR) is 76.9 cm³/mol. The Balaban J connectivity index is 3.05. The van der Waals surface area contributed by atoms with Crippen molar-refractivity contribution in [3.05, 3.63) is 28.3 Å². The Morgan fingerprint density at radius 1 is 1.50 bits per heavy atom. The molecule has 0 radical (unpaired) electrons. The van der Waals surface area contributed by atoms with Gasteiger partial charge in [0.25, 0.3) is 5.69 Å². The molecule has 0 aliphatic rings. The van der Waals surface area contributed by atoms with E-state index in [1.54, 1.807) is 6.92 Å². The summed E-state index contributed by atoms with van der Waals surface area (Å²) in [6, 6.07) is 3.89. The number of nitro benzene ring substituents is 1. The number of alkyl halides is 1. The first-order chi connectivity index (χ1) is 9.29. The summed E-state index contributed by atoms with van der Waals surface area (Å²) in [6.45, 7) is 1.68. The van der Waals surface area contributed by atoms with Gasteiger partial charge in [0.1, 0.15) is 11.4 Å². The van der Waals surface area contributed by atoms with Gasteiger partial charge in [0.15, 0.2) is 0 Å². The lowest BCUT2D eigenvalue weighted by atomic mass is 10.2. The number of nitro groups is 1. The number of hydrogen-bond donors (Lipinski definition) is 1. The molecule has 0 aliphatic heterocycles. The van der Waals surface area contributed by atoms with Crippen LogP contribution in [0.4, 0.5) is 11.4 Å². The van der Waals surface area contributed by atoms with E-state index < -0.39 is 14.9 Å². The highest BCUT2D eigenvalue weighted by Gasteiger charge is 2.21. The van der Waals surface area contributed by atoms with E-state index in [2.05, 4.69) is 4.72 Å². The topological polar surface area (TPSA) is 98.5 Å². The van der Waals surface area contributed by atoms with Crippen LogP contribution in [0.1, 0.15) is 6.92 Å². The average molecular weight is 323 g/mol. The first kappa shape index (κ1) is 16.5. The molecular weight excluding hydrogens is 308 g/mol. The number of nitrogens with one attached hydrogen (secondary N) is 1. The summed E-state index contributed by atoms with van der Waals surface area (Å²) >= 11 is 5.57. The summed E-state index contributed by atoms with van der Waals surface area (Å²) in [4.78, 5) is 10.3. The maximum Gasteiger partial charge on any atom is 0.297 e. The number of halogens is 1. The maximum atomic E-state index is 11.9. The van der Waals surface area contributed by atoms with Crippen LogP contribution in [0, 0.1) is 16.0 Å². The van der Waals surface area contributed by atoms with Crippen LogP contribution >= 0.6 is 11.6 Å². The van der Waals surface area contributed by atoms with E-state index in [9.17, 15) is 18.5 Å². The summed E-state index contributed by atoms with van der Waals surface area (Å²) in [6.07, 6.45) is 0. The van der Waals surface area contributed by atoms with E-state index in [0.717, 1.165) is 6.07 Å². The van der Waals surface area contributed by atoms with Crippen molar-refractivity contribution in [2.24, 2.45) is 5.92 Å². The number of sulfonamides is 1. The standard InChI is InChI=1S/C11H15ClN2O5S/c1-8(6-12)7-20(17,18)13-10-4-3-9(19-2)5-11(10)14(15)16/h3-5,8,13H,6-7H2,1-2H3. The molecule has 1 rings (SSSR count). The summed E-state index contributed by atoms with van der Waals surface area (Å²) in [5.74, 6) is -0.00840. The second-order valence-electron chi connectivity index (χ2n) is 4.28. The fourth-order valence-corrected chi connectivity index (χ4v) is 3.20. The molecule has 1 unspecified atom stereocenters. The van der Waals surface area contributed by atoms with E-state index >= 15 is 0 Å². The average Bonchev–Trinajstić information content (AvgIpc) is 2.37. The molecule has 1 aromatic carbocycles. The van der Waals surface area contributed by atoms with Crippen LogP contribution in [-0.2, 0) is 10.0 Å². The second-order valence-corrected chi connectivity index (χ2v) is 6.36. The zero-order valence-electron chi connectivity index (χ0n) is 11.0. The molecule has 1 aromatic rings. The minimum atomic E-state index is -3.70. The minimum absolute atomic E-state index is 0.0995. The zero-order chi connectivity index (χ0) is 15.3. The summed E-state index contributed by atoms with van der Waals surface area (Å²) in [7, 11) is -2.34. The summed E-state index contributed by atoms with van der Waals surface area (Å²) in [5, 5.41) is 10.9. The Hall–Kier alpha value is -1.54. The molecule has 1 atom stereocenters. The Labute approximate surface area is 122 Å². The van der Waals surface area contributed by atoms with Gasteiger partial charge in [0.2, 0.25) is 10.0 Å². The van der Waals surface area contributed by atoms with Crippen LogP contribution in [0.15, 0.2) is 18.2 Å². The van der Waals surface area contributed by atoms with E-state index in [0.29, 0.717) is 0 Å². The molecule has 0 spiro atoms. The molecule has 7 nitrogen and oxygen atoms in total. The van der Waals surface area contributed by atoms with Crippen LogP contribution in [-0.4, -0.2) is 32.1 Å². The van der Waals surface area contributed by atoms with Gasteiger partial charge in [-0.05, 0) is 18.1 Å². The minimum Gasteiger partial charge on any atom is -0.496 e. The normalized spacial score (nSPS) is 12.8. The van der Waals surface area contributed by atoms with Crippen molar-refractivity contribution in [1.29, 1.82) is 0 Å². The van der Waals surface area contributed by atoms with Crippen molar-refractivity contribution < 1.29 is 18.1 Å². The van der Waals surface area contributed by atoms with Crippen LogP contribution in [0.5, 0.6) is 5.75 Å². The van der Waals surface area contributed by atoms with Gasteiger partial charge in [0, 0.05) is 5.88 Å². The lowest BCUT2D eigenvalue weighted by Crippen LogP contribution is -2.22. The SMILES string of the molecule is COc1ccc(NS(=O)(=O)CC(C)CCl)c([N+](=O)[O-])c1. The maximum absolute atomic E-state index is 11.9. The fourth-order valence-electron chi connectivity index (χ4n) is 1.50. The van der Waals surface area contributed by atoms with Gasteiger partial charge in [0.05, 0.1) is 23.9 Å². The van der Waals surface area contributed by atoms with Crippen LogP contribution < -0.4 is 9.46 Å². The lowest BCUT2D eigenvalue weighted by molar-refractivity contribution is -0.384. The highest BCUT2D eigenvalue weighted by molar-refractivity contribution is 7.92. The van der Waals surface area contributed by atoms with Gasteiger partial charge >= 0.3 is 0 Å². The highest BCUT2D eigenvalue weighted by atomic mass is 35.5. The van der Waals surface area contributed by atoms with E-state index in [4.69, 9.17) is 16.3 Å². The van der Waals surface area contributed by atoms with E-state index in [1.807, 2.05) is 0 Å². The molecule has 9 heteroatoms. The Kier molecular flexibility index (Phi) is 5.58. The Bertz CT molecular complexity index is 590. The van der Waals surface area contributed by atoms with Crippen molar-refractivity contribution in [1.82, 2.24) is 0 Å². The molecule has 0 aromatic heterocycles. The Morgan fingerprint density at radius 2 is 2.15 bits per heavy atom. The lowest BCUT2D eigenvalue weighted by Gasteiger charge is -2.11. The summed E-state index contributed by atoms with van der Waals surface area (Å²) < 4.78 is 30.8. The monoisotopic (exact) mass is 322 g/mol. The molecule has 0 saturated carbocycles. The van der Waals surface area contributed by atoms with Gasteiger partial charge < -0.3 is 4.74 Å². The van der Waals surface area contributed by atoms with Gasteiger partial charge in [-0.25, -0.2) is 8.42 Å². The first-order valence-electron chi connectivity index (χ1n) is 5.68.